The fraction of sp³-hybridized carbons (Fsp3) is 0.478. The monoisotopic (exact) mass is 469 g/mol. The molecule has 0 aromatic carbocycles. The Morgan fingerprint density at radius 2 is 2.12 bits per heavy atom. The number of nitriles is 1. The molecule has 4 rings (SSSR count). The van der Waals surface area contributed by atoms with Gasteiger partial charge in [-0.15, -0.1) is 0 Å². The van der Waals surface area contributed by atoms with Gasteiger partial charge in [0.1, 0.15) is 11.9 Å². The van der Waals surface area contributed by atoms with Gasteiger partial charge in [0.05, 0.1) is 53.9 Å². The number of allylic oxidation sites excluding steroid dienone is 2. The second-order valence-electron chi connectivity index (χ2n) is 8.25. The highest BCUT2D eigenvalue weighted by atomic mass is 35.5. The summed E-state index contributed by atoms with van der Waals surface area (Å²) in [5.74, 6) is 0.946. The first kappa shape index (κ1) is 23.1. The molecule has 9 nitrogen and oxygen atoms in total. The SMILES string of the molecule is C=C1NN=CC(N2CCC[C@H]2COCCC(=O)N2CCN(c3ccc(C#N)cn3)CC2)=C1Cl. The van der Waals surface area contributed by atoms with Crippen molar-refractivity contribution in [2.75, 3.05) is 50.8 Å². The van der Waals surface area contributed by atoms with Gasteiger partial charge in [-0.1, -0.05) is 18.2 Å². The molecule has 2 fully saturated rings. The zero-order valence-corrected chi connectivity index (χ0v) is 19.3. The van der Waals surface area contributed by atoms with Crippen LogP contribution in [0.5, 0.6) is 0 Å². The number of halogens is 1. The van der Waals surface area contributed by atoms with Crippen LogP contribution in [0.3, 0.4) is 0 Å². The molecule has 33 heavy (non-hydrogen) atoms. The number of hydrogen-bond acceptors (Lipinski definition) is 8. The van der Waals surface area contributed by atoms with Crippen molar-refractivity contribution < 1.29 is 9.53 Å². The summed E-state index contributed by atoms with van der Waals surface area (Å²) in [6, 6.07) is 5.91. The lowest BCUT2D eigenvalue weighted by Gasteiger charge is -2.35. The summed E-state index contributed by atoms with van der Waals surface area (Å²) in [7, 11) is 0. The van der Waals surface area contributed by atoms with Crippen molar-refractivity contribution in [3.8, 4) is 6.07 Å². The molecule has 3 aliphatic rings. The van der Waals surface area contributed by atoms with Crippen LogP contribution in [0.2, 0.25) is 0 Å². The van der Waals surface area contributed by atoms with Crippen molar-refractivity contribution >= 4 is 29.5 Å². The second kappa shape index (κ2) is 10.7. The first-order valence-corrected chi connectivity index (χ1v) is 11.6. The van der Waals surface area contributed by atoms with Crippen molar-refractivity contribution in [1.29, 1.82) is 5.26 Å². The molecule has 1 aromatic heterocycles. The maximum absolute atomic E-state index is 12.6. The van der Waals surface area contributed by atoms with E-state index in [2.05, 4.69) is 38.0 Å². The van der Waals surface area contributed by atoms with E-state index in [0.29, 0.717) is 49.0 Å². The van der Waals surface area contributed by atoms with Gasteiger partial charge in [0, 0.05) is 38.9 Å². The molecule has 1 aromatic rings. The van der Waals surface area contributed by atoms with E-state index in [1.165, 1.54) is 0 Å². The molecular weight excluding hydrogens is 442 g/mol. The molecule has 0 aliphatic carbocycles. The van der Waals surface area contributed by atoms with Crippen molar-refractivity contribution in [1.82, 2.24) is 20.2 Å². The van der Waals surface area contributed by atoms with E-state index in [-0.39, 0.29) is 11.9 Å². The van der Waals surface area contributed by atoms with E-state index in [1.54, 1.807) is 18.5 Å². The lowest BCUT2D eigenvalue weighted by atomic mass is 10.2. The van der Waals surface area contributed by atoms with E-state index in [9.17, 15) is 4.79 Å². The number of anilines is 1. The number of aromatic nitrogens is 1. The van der Waals surface area contributed by atoms with E-state index in [1.807, 2.05) is 11.0 Å². The number of amides is 1. The Kier molecular flexibility index (Phi) is 7.47. The summed E-state index contributed by atoms with van der Waals surface area (Å²) in [5.41, 5.74) is 4.79. The van der Waals surface area contributed by atoms with Gasteiger partial charge in [-0.05, 0) is 25.0 Å². The minimum absolute atomic E-state index is 0.109. The summed E-state index contributed by atoms with van der Waals surface area (Å²) in [4.78, 5) is 23.2. The number of ether oxygens (including phenoxy) is 1. The number of hydrazone groups is 1. The van der Waals surface area contributed by atoms with Crippen molar-refractivity contribution in [3.63, 3.8) is 0 Å². The summed E-state index contributed by atoms with van der Waals surface area (Å²) >= 11 is 6.40. The summed E-state index contributed by atoms with van der Waals surface area (Å²) in [6.07, 6.45) is 5.75. The van der Waals surface area contributed by atoms with Crippen LogP contribution in [0.4, 0.5) is 5.82 Å². The first-order chi connectivity index (χ1) is 16.1. The maximum Gasteiger partial charge on any atom is 0.225 e. The standard InChI is InChI=1S/C23H28ClN7O2/c1-17-23(24)20(15-27-28-17)31-7-2-3-19(31)16-33-12-6-22(32)30-10-8-29(9-11-30)21-5-4-18(13-25)14-26-21/h4-5,14-15,19,28H,1-3,6-12,16H2/t19-/m0/s1. The molecule has 1 atom stereocenters. The third-order valence-electron chi connectivity index (χ3n) is 6.17. The van der Waals surface area contributed by atoms with Gasteiger partial charge in [-0.2, -0.15) is 10.4 Å². The minimum atomic E-state index is 0.109. The zero-order valence-electron chi connectivity index (χ0n) is 18.5. The van der Waals surface area contributed by atoms with Crippen LogP contribution in [0.25, 0.3) is 0 Å². The third-order valence-corrected chi connectivity index (χ3v) is 6.59. The number of rotatable bonds is 7. The third kappa shape index (κ3) is 5.46. The predicted octanol–water partition coefficient (Wildman–Crippen LogP) is 2.03. The van der Waals surface area contributed by atoms with Gasteiger partial charge in [0.2, 0.25) is 5.91 Å². The molecule has 174 valence electrons. The lowest BCUT2D eigenvalue weighted by molar-refractivity contribution is -0.132. The Labute approximate surface area is 198 Å². The van der Waals surface area contributed by atoms with Gasteiger partial charge >= 0.3 is 0 Å². The minimum Gasteiger partial charge on any atom is -0.379 e. The highest BCUT2D eigenvalue weighted by molar-refractivity contribution is 6.33. The second-order valence-corrected chi connectivity index (χ2v) is 8.62. The number of carbonyl (C=O) groups is 1. The van der Waals surface area contributed by atoms with E-state index in [0.717, 1.165) is 44.0 Å². The number of carbonyl (C=O) groups excluding carboxylic acids is 1. The number of piperazine rings is 1. The largest absolute Gasteiger partial charge is 0.379 e. The molecule has 0 spiro atoms. The molecule has 0 unspecified atom stereocenters. The zero-order chi connectivity index (χ0) is 23.2. The van der Waals surface area contributed by atoms with Crippen LogP contribution in [-0.2, 0) is 9.53 Å². The average molecular weight is 470 g/mol. The molecule has 3 aliphatic heterocycles. The average Bonchev–Trinajstić information content (AvgIpc) is 3.32. The van der Waals surface area contributed by atoms with Crippen molar-refractivity contribution in [2.24, 2.45) is 5.10 Å². The highest BCUT2D eigenvalue weighted by Gasteiger charge is 2.29. The number of nitrogens with zero attached hydrogens (tertiary/aromatic N) is 6. The molecule has 0 saturated carbocycles. The summed E-state index contributed by atoms with van der Waals surface area (Å²) < 4.78 is 5.89. The Hall–Kier alpha value is -3.09. The smallest absolute Gasteiger partial charge is 0.225 e. The number of nitrogens with one attached hydrogen (secondary N) is 1. The van der Waals surface area contributed by atoms with E-state index in [4.69, 9.17) is 21.6 Å². The normalized spacial score (nSPS) is 20.8. The Morgan fingerprint density at radius 1 is 1.30 bits per heavy atom. The predicted molar refractivity (Wildman–Crippen MR) is 127 cm³/mol. The van der Waals surface area contributed by atoms with Crippen LogP contribution >= 0.6 is 11.6 Å². The topological polar surface area (TPSA) is 97.1 Å². The molecule has 10 heteroatoms. The Balaban J connectivity index is 1.19. The number of likely N-dealkylation sites (tertiary alicyclic amines) is 1. The molecule has 4 heterocycles. The maximum atomic E-state index is 12.6. The Bertz CT molecular complexity index is 978. The summed E-state index contributed by atoms with van der Waals surface area (Å²) in [6.45, 7) is 8.47. The number of pyridine rings is 1. The summed E-state index contributed by atoms with van der Waals surface area (Å²) in [5, 5.41) is 13.6. The van der Waals surface area contributed by atoms with E-state index >= 15 is 0 Å². The fourth-order valence-corrected chi connectivity index (χ4v) is 4.52. The van der Waals surface area contributed by atoms with Crippen LogP contribution in [-0.4, -0.2) is 78.9 Å². The van der Waals surface area contributed by atoms with Gasteiger partial charge in [0.15, 0.2) is 0 Å². The lowest BCUT2D eigenvalue weighted by Crippen LogP contribution is -2.49. The molecule has 2 saturated heterocycles. The van der Waals surface area contributed by atoms with Gasteiger partial charge in [-0.3, -0.25) is 10.2 Å². The molecule has 1 amide bonds. The van der Waals surface area contributed by atoms with Crippen LogP contribution in [0.1, 0.15) is 24.8 Å². The molecule has 1 N–H and O–H groups in total. The quantitative estimate of drug-likeness (QED) is 0.610. The van der Waals surface area contributed by atoms with Gasteiger partial charge < -0.3 is 19.4 Å². The number of hydrogen-bond donors (Lipinski definition) is 1. The van der Waals surface area contributed by atoms with E-state index < -0.39 is 0 Å². The fourth-order valence-electron chi connectivity index (χ4n) is 4.32. The Morgan fingerprint density at radius 3 is 2.85 bits per heavy atom. The molecule has 0 radical (unpaired) electrons. The molecular formula is C23H28ClN7O2. The highest BCUT2D eigenvalue weighted by Crippen LogP contribution is 2.28. The van der Waals surface area contributed by atoms with Crippen LogP contribution < -0.4 is 10.3 Å². The van der Waals surface area contributed by atoms with Crippen LogP contribution in [0, 0.1) is 11.3 Å². The molecule has 0 bridgehead atoms. The van der Waals surface area contributed by atoms with Gasteiger partial charge in [0.25, 0.3) is 0 Å². The first-order valence-electron chi connectivity index (χ1n) is 11.2. The van der Waals surface area contributed by atoms with Gasteiger partial charge in [-0.25, -0.2) is 4.98 Å². The van der Waals surface area contributed by atoms with Crippen molar-refractivity contribution in [3.05, 3.63) is 46.9 Å². The van der Waals surface area contributed by atoms with Crippen LogP contribution in [0.15, 0.2) is 46.4 Å². The van der Waals surface area contributed by atoms with Crippen molar-refractivity contribution in [2.45, 2.75) is 25.3 Å².